The first-order chi connectivity index (χ1) is 14.9. The van der Waals surface area contributed by atoms with E-state index in [1.54, 1.807) is 18.2 Å². The molecule has 1 aliphatic heterocycles. The Balaban J connectivity index is 1.70. The van der Waals surface area contributed by atoms with E-state index < -0.39 is 21.5 Å². The molecule has 1 saturated heterocycles. The lowest BCUT2D eigenvalue weighted by Crippen LogP contribution is -2.52. The van der Waals surface area contributed by atoms with E-state index in [9.17, 15) is 18.3 Å². The number of ether oxygens (including phenoxy) is 1. The van der Waals surface area contributed by atoms with Crippen LogP contribution >= 0.6 is 0 Å². The van der Waals surface area contributed by atoms with Gasteiger partial charge < -0.3 is 15.2 Å². The maximum absolute atomic E-state index is 13.2. The van der Waals surface area contributed by atoms with Crippen molar-refractivity contribution in [2.24, 2.45) is 0 Å². The smallest absolute Gasteiger partial charge is 0.256 e. The number of methoxy groups -OCH3 is 1. The van der Waals surface area contributed by atoms with Gasteiger partial charge in [0, 0.05) is 18.8 Å². The van der Waals surface area contributed by atoms with Crippen LogP contribution in [0.25, 0.3) is 0 Å². The first-order valence-corrected chi connectivity index (χ1v) is 12.1. The highest BCUT2D eigenvalue weighted by molar-refractivity contribution is 7.89. The monoisotopic (exact) mass is 460 g/mol. The van der Waals surface area contributed by atoms with Crippen LogP contribution in [-0.2, 0) is 20.2 Å². The number of hydrogen-bond acceptors (Lipinski definition) is 5. The number of carbonyl (C=O) groups excluding carboxylic acids is 1. The Morgan fingerprint density at radius 3 is 2.22 bits per heavy atom. The van der Waals surface area contributed by atoms with Gasteiger partial charge in [0.15, 0.2) is 0 Å². The molecule has 32 heavy (non-hydrogen) atoms. The Morgan fingerprint density at radius 2 is 1.69 bits per heavy atom. The van der Waals surface area contributed by atoms with Gasteiger partial charge in [-0.3, -0.25) is 4.79 Å². The van der Waals surface area contributed by atoms with Crippen molar-refractivity contribution in [2.75, 3.05) is 25.5 Å². The van der Waals surface area contributed by atoms with E-state index in [4.69, 9.17) is 4.74 Å². The molecule has 0 bridgehead atoms. The second kappa shape index (κ2) is 8.84. The highest BCUT2D eigenvalue weighted by atomic mass is 32.2. The highest BCUT2D eigenvalue weighted by Crippen LogP contribution is 2.32. The standard InChI is InChI=1S/C24H32N2O5S/c1-17-6-11-20(31-5)21(16-17)32(29,30)26-14-12-24(28,13-15-26)22(27)25-19-9-7-18(8-10-19)23(2,3)4/h6-11,16,28H,12-15H2,1-5H3,(H,25,27). The number of aryl methyl sites for hydroxylation is 1. The molecule has 1 amide bonds. The third-order valence-corrected chi connectivity index (χ3v) is 7.84. The molecule has 2 aromatic rings. The summed E-state index contributed by atoms with van der Waals surface area (Å²) in [5.74, 6) is -0.251. The second-order valence-corrected chi connectivity index (χ2v) is 11.3. The topological polar surface area (TPSA) is 95.9 Å². The molecule has 1 heterocycles. The van der Waals surface area contributed by atoms with Crippen molar-refractivity contribution in [1.29, 1.82) is 0 Å². The van der Waals surface area contributed by atoms with Crippen molar-refractivity contribution in [1.82, 2.24) is 4.31 Å². The molecule has 0 radical (unpaired) electrons. The molecule has 3 rings (SSSR count). The van der Waals surface area contributed by atoms with E-state index in [0.29, 0.717) is 5.69 Å². The molecule has 0 aliphatic carbocycles. The molecule has 0 saturated carbocycles. The number of carbonyl (C=O) groups is 1. The number of hydrogen-bond donors (Lipinski definition) is 2. The number of sulfonamides is 1. The third kappa shape index (κ3) is 4.98. The molecule has 0 atom stereocenters. The lowest BCUT2D eigenvalue weighted by molar-refractivity contribution is -0.137. The minimum absolute atomic E-state index is 0.000957. The zero-order valence-corrected chi connectivity index (χ0v) is 20.1. The van der Waals surface area contributed by atoms with Crippen LogP contribution in [0.3, 0.4) is 0 Å². The Bertz CT molecular complexity index is 1080. The lowest BCUT2D eigenvalue weighted by atomic mass is 9.87. The third-order valence-electron chi connectivity index (χ3n) is 5.92. The Hall–Kier alpha value is -2.42. The molecule has 2 aromatic carbocycles. The van der Waals surface area contributed by atoms with Gasteiger partial charge in [0.25, 0.3) is 5.91 Å². The van der Waals surface area contributed by atoms with E-state index in [2.05, 4.69) is 26.1 Å². The van der Waals surface area contributed by atoms with Gasteiger partial charge in [0.1, 0.15) is 16.2 Å². The van der Waals surface area contributed by atoms with E-state index in [-0.39, 0.29) is 42.0 Å². The van der Waals surface area contributed by atoms with Crippen LogP contribution in [0, 0.1) is 6.92 Å². The number of rotatable bonds is 5. The maximum atomic E-state index is 13.2. The molecule has 0 unspecified atom stereocenters. The van der Waals surface area contributed by atoms with Crippen LogP contribution in [-0.4, -0.2) is 49.5 Å². The van der Waals surface area contributed by atoms with Gasteiger partial charge in [0.2, 0.25) is 10.0 Å². The Kier molecular flexibility index (Phi) is 6.70. The Morgan fingerprint density at radius 1 is 1.09 bits per heavy atom. The summed E-state index contributed by atoms with van der Waals surface area (Å²) in [5.41, 5.74) is 0.898. The zero-order chi connectivity index (χ0) is 23.7. The molecular formula is C24H32N2O5S. The predicted octanol–water partition coefficient (Wildman–Crippen LogP) is 3.46. The average Bonchev–Trinajstić information content (AvgIpc) is 2.73. The fourth-order valence-electron chi connectivity index (χ4n) is 3.75. The molecule has 174 valence electrons. The zero-order valence-electron chi connectivity index (χ0n) is 19.3. The van der Waals surface area contributed by atoms with Crippen molar-refractivity contribution < 1.29 is 23.1 Å². The number of benzene rings is 2. The largest absolute Gasteiger partial charge is 0.495 e. The van der Waals surface area contributed by atoms with Gasteiger partial charge in [-0.2, -0.15) is 4.31 Å². The first-order valence-electron chi connectivity index (χ1n) is 10.7. The number of amides is 1. The number of nitrogens with one attached hydrogen (secondary N) is 1. The first kappa shape index (κ1) is 24.2. The molecule has 1 aliphatic rings. The summed E-state index contributed by atoms with van der Waals surface area (Å²) in [4.78, 5) is 12.9. The summed E-state index contributed by atoms with van der Waals surface area (Å²) in [6.07, 6.45) is 0.0124. The van der Waals surface area contributed by atoms with Gasteiger partial charge >= 0.3 is 0 Å². The number of anilines is 1. The van der Waals surface area contributed by atoms with E-state index in [0.717, 1.165) is 11.1 Å². The molecule has 2 N–H and O–H groups in total. The van der Waals surface area contributed by atoms with Crippen LogP contribution < -0.4 is 10.1 Å². The SMILES string of the molecule is COc1ccc(C)cc1S(=O)(=O)N1CCC(O)(C(=O)Nc2ccc(C(C)(C)C)cc2)CC1. The fraction of sp³-hybridized carbons (Fsp3) is 0.458. The highest BCUT2D eigenvalue weighted by Gasteiger charge is 2.43. The molecule has 1 fully saturated rings. The van der Waals surface area contributed by atoms with Gasteiger partial charge in [0.05, 0.1) is 7.11 Å². The summed E-state index contributed by atoms with van der Waals surface area (Å²) in [7, 11) is -2.39. The van der Waals surface area contributed by atoms with Gasteiger partial charge in [-0.15, -0.1) is 0 Å². The number of aliphatic hydroxyl groups is 1. The van der Waals surface area contributed by atoms with Crippen molar-refractivity contribution in [3.05, 3.63) is 53.6 Å². The maximum Gasteiger partial charge on any atom is 0.256 e. The average molecular weight is 461 g/mol. The minimum Gasteiger partial charge on any atom is -0.495 e. The molecule has 8 heteroatoms. The van der Waals surface area contributed by atoms with Crippen molar-refractivity contribution in [3.8, 4) is 5.75 Å². The number of piperidine rings is 1. The Labute approximate surface area is 190 Å². The molecular weight excluding hydrogens is 428 g/mol. The molecule has 7 nitrogen and oxygen atoms in total. The van der Waals surface area contributed by atoms with E-state index in [1.165, 1.54) is 11.4 Å². The summed E-state index contributed by atoms with van der Waals surface area (Å²) < 4.78 is 32.9. The van der Waals surface area contributed by atoms with E-state index >= 15 is 0 Å². The second-order valence-electron chi connectivity index (χ2n) is 9.37. The van der Waals surface area contributed by atoms with Crippen LogP contribution in [0.4, 0.5) is 5.69 Å². The summed E-state index contributed by atoms with van der Waals surface area (Å²) >= 11 is 0. The van der Waals surface area contributed by atoms with Crippen molar-refractivity contribution >= 4 is 21.6 Å². The predicted molar refractivity (Wildman–Crippen MR) is 124 cm³/mol. The normalized spacial score (nSPS) is 17.1. The van der Waals surface area contributed by atoms with Gasteiger partial charge in [-0.05, 0) is 60.6 Å². The lowest BCUT2D eigenvalue weighted by Gasteiger charge is -2.36. The van der Waals surface area contributed by atoms with Gasteiger partial charge in [-0.25, -0.2) is 8.42 Å². The van der Waals surface area contributed by atoms with Gasteiger partial charge in [-0.1, -0.05) is 39.0 Å². The molecule has 0 spiro atoms. The van der Waals surface area contributed by atoms with Crippen LogP contribution in [0.2, 0.25) is 0 Å². The number of nitrogens with zero attached hydrogens (tertiary/aromatic N) is 1. The minimum atomic E-state index is -3.82. The van der Waals surface area contributed by atoms with Crippen molar-refractivity contribution in [2.45, 2.75) is 56.4 Å². The summed E-state index contributed by atoms with van der Waals surface area (Å²) in [5, 5.41) is 13.7. The quantitative estimate of drug-likeness (QED) is 0.712. The van der Waals surface area contributed by atoms with Crippen LogP contribution in [0.15, 0.2) is 47.4 Å². The summed E-state index contributed by atoms with van der Waals surface area (Å²) in [6, 6.07) is 12.5. The van der Waals surface area contributed by atoms with E-state index in [1.807, 2.05) is 31.2 Å². The summed E-state index contributed by atoms with van der Waals surface area (Å²) in [6.45, 7) is 8.21. The van der Waals surface area contributed by atoms with Crippen LogP contribution in [0.1, 0.15) is 44.7 Å². The fourth-order valence-corrected chi connectivity index (χ4v) is 5.43. The van der Waals surface area contributed by atoms with Crippen molar-refractivity contribution in [3.63, 3.8) is 0 Å². The van der Waals surface area contributed by atoms with Crippen LogP contribution in [0.5, 0.6) is 5.75 Å². The molecule has 0 aromatic heterocycles.